The molecule has 0 spiro atoms. The van der Waals surface area contributed by atoms with Crippen LogP contribution in [0.25, 0.3) is 0 Å². The molecule has 7 nitrogen and oxygen atoms in total. The molecule has 8 heteroatoms. The number of hydrogen-bond acceptors (Lipinski definition) is 5. The lowest BCUT2D eigenvalue weighted by molar-refractivity contribution is -0.143. The SMILES string of the molecule is CCC(C)N(C(=O)C(CCSC)NC(=O)OC(C)(C)C)C(C(=O)Nc1c(C)cccc1C)c1ccc(C)cc1C. The van der Waals surface area contributed by atoms with Gasteiger partial charge in [0.25, 0.3) is 5.91 Å². The molecule has 2 aromatic carbocycles. The van der Waals surface area contributed by atoms with E-state index in [0.717, 1.165) is 33.5 Å². The molecular formula is C32H47N3O4S. The number of aryl methyl sites for hydroxylation is 4. The maximum absolute atomic E-state index is 14.4. The van der Waals surface area contributed by atoms with Gasteiger partial charge in [-0.15, -0.1) is 0 Å². The maximum atomic E-state index is 14.4. The van der Waals surface area contributed by atoms with Gasteiger partial charge in [0.1, 0.15) is 17.7 Å². The summed E-state index contributed by atoms with van der Waals surface area (Å²) in [7, 11) is 0. The van der Waals surface area contributed by atoms with Crippen molar-refractivity contribution >= 4 is 35.4 Å². The highest BCUT2D eigenvalue weighted by Gasteiger charge is 2.39. The molecule has 40 heavy (non-hydrogen) atoms. The van der Waals surface area contributed by atoms with Crippen LogP contribution in [0.1, 0.15) is 81.3 Å². The van der Waals surface area contributed by atoms with Gasteiger partial charge in [0.05, 0.1) is 0 Å². The predicted octanol–water partition coefficient (Wildman–Crippen LogP) is 6.87. The van der Waals surface area contributed by atoms with Crippen molar-refractivity contribution in [2.24, 2.45) is 0 Å². The number of carbonyl (C=O) groups is 3. The Balaban J connectivity index is 2.64. The summed E-state index contributed by atoms with van der Waals surface area (Å²) in [6.07, 6.45) is 2.34. The van der Waals surface area contributed by atoms with E-state index >= 15 is 0 Å². The van der Waals surface area contributed by atoms with Crippen molar-refractivity contribution in [2.45, 2.75) is 98.9 Å². The van der Waals surface area contributed by atoms with Crippen LogP contribution in [0.3, 0.4) is 0 Å². The molecule has 2 rings (SSSR count). The molecule has 2 aromatic rings. The molecule has 0 fully saturated rings. The molecule has 0 aromatic heterocycles. The minimum absolute atomic E-state index is 0.279. The number of hydrogen-bond donors (Lipinski definition) is 2. The van der Waals surface area contributed by atoms with E-state index in [1.165, 1.54) is 0 Å². The van der Waals surface area contributed by atoms with Crippen LogP contribution in [0.4, 0.5) is 10.5 Å². The zero-order valence-electron chi connectivity index (χ0n) is 25.8. The average Bonchev–Trinajstić information content (AvgIpc) is 2.86. The summed E-state index contributed by atoms with van der Waals surface area (Å²) in [4.78, 5) is 43.1. The zero-order valence-corrected chi connectivity index (χ0v) is 26.6. The lowest BCUT2D eigenvalue weighted by Gasteiger charge is -2.39. The van der Waals surface area contributed by atoms with E-state index < -0.39 is 23.8 Å². The molecule has 3 atom stereocenters. The molecule has 3 unspecified atom stereocenters. The second-order valence-electron chi connectivity index (χ2n) is 11.5. The van der Waals surface area contributed by atoms with Crippen LogP contribution < -0.4 is 10.6 Å². The smallest absolute Gasteiger partial charge is 0.408 e. The number of nitrogens with one attached hydrogen (secondary N) is 2. The van der Waals surface area contributed by atoms with Gasteiger partial charge < -0.3 is 20.3 Å². The van der Waals surface area contributed by atoms with E-state index in [1.807, 2.05) is 84.2 Å². The first-order valence-electron chi connectivity index (χ1n) is 13.9. The van der Waals surface area contributed by atoms with Gasteiger partial charge in [-0.25, -0.2) is 4.79 Å². The van der Waals surface area contributed by atoms with E-state index in [0.29, 0.717) is 18.6 Å². The van der Waals surface area contributed by atoms with Crippen LogP contribution in [-0.4, -0.2) is 52.5 Å². The van der Waals surface area contributed by atoms with Crippen molar-refractivity contribution in [2.75, 3.05) is 17.3 Å². The van der Waals surface area contributed by atoms with Crippen LogP contribution >= 0.6 is 11.8 Å². The molecular weight excluding hydrogens is 522 g/mol. The highest BCUT2D eigenvalue weighted by molar-refractivity contribution is 7.98. The number of alkyl carbamates (subject to hydrolysis) is 1. The molecule has 220 valence electrons. The molecule has 2 N–H and O–H groups in total. The fraction of sp³-hybridized carbons (Fsp3) is 0.531. The molecule has 0 saturated carbocycles. The number of carbonyl (C=O) groups excluding carboxylic acids is 3. The summed E-state index contributed by atoms with van der Waals surface area (Å²) in [5.74, 6) is 0.0541. The normalized spacial score (nSPS) is 13.7. The van der Waals surface area contributed by atoms with Gasteiger partial charge in [-0.2, -0.15) is 11.8 Å². The summed E-state index contributed by atoms with van der Waals surface area (Å²) in [6, 6.07) is 9.75. The number of nitrogens with zero attached hydrogens (tertiary/aromatic N) is 1. The minimum atomic E-state index is -0.903. The monoisotopic (exact) mass is 569 g/mol. The van der Waals surface area contributed by atoms with E-state index in [-0.39, 0.29) is 17.9 Å². The first-order chi connectivity index (χ1) is 18.7. The first-order valence-corrected chi connectivity index (χ1v) is 15.3. The Bertz CT molecular complexity index is 1170. The molecule has 0 bridgehead atoms. The van der Waals surface area contributed by atoms with Gasteiger partial charge in [0.2, 0.25) is 5.91 Å². The number of ether oxygens (including phenoxy) is 1. The number of rotatable bonds is 11. The van der Waals surface area contributed by atoms with Crippen LogP contribution in [0.15, 0.2) is 36.4 Å². The highest BCUT2D eigenvalue weighted by Crippen LogP contribution is 2.31. The molecule has 0 aliphatic heterocycles. The lowest BCUT2D eigenvalue weighted by Crippen LogP contribution is -2.55. The van der Waals surface area contributed by atoms with E-state index in [2.05, 4.69) is 10.6 Å². The van der Waals surface area contributed by atoms with E-state index in [1.54, 1.807) is 37.4 Å². The third kappa shape index (κ3) is 9.01. The van der Waals surface area contributed by atoms with Crippen LogP contribution in [0.2, 0.25) is 0 Å². The van der Waals surface area contributed by atoms with Crippen LogP contribution in [-0.2, 0) is 14.3 Å². The average molecular weight is 570 g/mol. The van der Waals surface area contributed by atoms with Gasteiger partial charge in [-0.1, -0.05) is 48.9 Å². The Morgan fingerprint density at radius 1 is 1.00 bits per heavy atom. The summed E-state index contributed by atoms with van der Waals surface area (Å²) >= 11 is 1.59. The number of para-hydroxylation sites is 1. The second kappa shape index (κ2) is 14.6. The van der Waals surface area contributed by atoms with Crippen molar-refractivity contribution in [3.05, 3.63) is 64.2 Å². The summed E-state index contributed by atoms with van der Waals surface area (Å²) in [5, 5.41) is 5.95. The van der Waals surface area contributed by atoms with Crippen molar-refractivity contribution < 1.29 is 19.1 Å². The van der Waals surface area contributed by atoms with Crippen molar-refractivity contribution in [3.63, 3.8) is 0 Å². The topological polar surface area (TPSA) is 87.7 Å². The minimum Gasteiger partial charge on any atom is -0.444 e. The van der Waals surface area contributed by atoms with E-state index in [9.17, 15) is 14.4 Å². The third-order valence-corrected chi connectivity index (χ3v) is 7.54. The lowest BCUT2D eigenvalue weighted by atomic mass is 9.94. The van der Waals surface area contributed by atoms with Gasteiger partial charge in [-0.05, 0) is 102 Å². The predicted molar refractivity (Wildman–Crippen MR) is 166 cm³/mol. The van der Waals surface area contributed by atoms with Gasteiger partial charge in [-0.3, -0.25) is 9.59 Å². The molecule has 0 heterocycles. The van der Waals surface area contributed by atoms with Gasteiger partial charge >= 0.3 is 6.09 Å². The van der Waals surface area contributed by atoms with Crippen molar-refractivity contribution in [1.82, 2.24) is 10.2 Å². The highest BCUT2D eigenvalue weighted by atomic mass is 32.2. The third-order valence-electron chi connectivity index (χ3n) is 6.90. The molecule has 0 aliphatic carbocycles. The summed E-state index contributed by atoms with van der Waals surface area (Å²) in [6.45, 7) is 17.2. The standard InChI is InChI=1S/C32H47N3O4S/c1-11-24(6)35(30(37)26(17-18-40-10)33-31(38)39-32(7,8)9)28(25-16-15-20(2)19-23(25)5)29(36)34-27-21(3)13-12-14-22(27)4/h12-16,19,24,26,28H,11,17-18H2,1-10H3,(H,33,38)(H,34,36). The Kier molecular flexibility index (Phi) is 12.1. The Hall–Kier alpha value is -3.00. The van der Waals surface area contributed by atoms with E-state index in [4.69, 9.17) is 4.74 Å². The van der Waals surface area contributed by atoms with Gasteiger partial charge in [0, 0.05) is 11.7 Å². The number of anilines is 1. The van der Waals surface area contributed by atoms with Crippen LogP contribution in [0.5, 0.6) is 0 Å². The Morgan fingerprint density at radius 3 is 2.15 bits per heavy atom. The zero-order chi connectivity index (χ0) is 30.2. The van der Waals surface area contributed by atoms with Crippen molar-refractivity contribution in [1.29, 1.82) is 0 Å². The molecule has 0 radical (unpaired) electrons. The fourth-order valence-electron chi connectivity index (χ4n) is 4.67. The van der Waals surface area contributed by atoms with Crippen molar-refractivity contribution in [3.8, 4) is 0 Å². The summed E-state index contributed by atoms with van der Waals surface area (Å²) < 4.78 is 5.49. The fourth-order valence-corrected chi connectivity index (χ4v) is 5.14. The maximum Gasteiger partial charge on any atom is 0.408 e. The Morgan fingerprint density at radius 2 is 1.62 bits per heavy atom. The second-order valence-corrected chi connectivity index (χ2v) is 12.5. The molecule has 0 saturated heterocycles. The van der Waals surface area contributed by atoms with Gasteiger partial charge in [0.15, 0.2) is 0 Å². The Labute approximate surface area is 244 Å². The quantitative estimate of drug-likeness (QED) is 0.308. The number of benzene rings is 2. The van der Waals surface area contributed by atoms with Crippen LogP contribution in [0, 0.1) is 27.7 Å². The number of thioether (sulfide) groups is 1. The first kappa shape index (κ1) is 33.2. The molecule has 3 amide bonds. The summed E-state index contributed by atoms with van der Waals surface area (Å²) in [5.41, 5.74) is 4.66. The number of amides is 3. The molecule has 0 aliphatic rings. The largest absolute Gasteiger partial charge is 0.444 e.